The molecule has 72 heavy (non-hydrogen) atoms. The Balaban J connectivity index is 0.877. The summed E-state index contributed by atoms with van der Waals surface area (Å²) in [7, 11) is 3.44. The van der Waals surface area contributed by atoms with Gasteiger partial charge in [0.2, 0.25) is 35.4 Å². The van der Waals surface area contributed by atoms with E-state index < -0.39 is 48.3 Å². The zero-order chi connectivity index (χ0) is 50.7. The number of likely N-dealkylation sites (tertiary alicyclic amines) is 2. The fraction of sp³-hybridized carbons (Fsp3) is 0.643. The SMILES string of the molecule is CN[C@@H](C)C(=O)NC(C(=O)N1CCC[C@H]1C(=O)N[C@H]1c2ccccc2C[C@@H]1OCC#CCO[C@@H]1Cc2ccccc2[C@@H]1NC(=O)[C@@H]1CCCN1C(=O)C(NC(=O)[C@H](C)NC)C1CCCCC1)C1CCCCC1. The van der Waals surface area contributed by atoms with Gasteiger partial charge in [0.25, 0.3) is 0 Å². The monoisotopic (exact) mass is 991 g/mol. The van der Waals surface area contributed by atoms with E-state index in [1.54, 1.807) is 37.7 Å². The van der Waals surface area contributed by atoms with E-state index in [1.807, 2.05) is 48.5 Å². The van der Waals surface area contributed by atoms with Gasteiger partial charge < -0.3 is 51.2 Å². The van der Waals surface area contributed by atoms with Gasteiger partial charge in [-0.25, -0.2) is 0 Å². The number of likely N-dealkylation sites (N-methyl/N-ethyl adjacent to an activating group) is 2. The molecule has 16 nitrogen and oxygen atoms in total. The Labute approximate surface area is 426 Å². The Morgan fingerprint density at radius 1 is 0.556 bits per heavy atom. The molecule has 0 aromatic heterocycles. The van der Waals surface area contributed by atoms with Gasteiger partial charge in [-0.3, -0.25) is 28.8 Å². The highest BCUT2D eigenvalue weighted by Gasteiger charge is 2.45. The molecule has 2 saturated carbocycles. The lowest BCUT2D eigenvalue weighted by atomic mass is 9.83. The highest BCUT2D eigenvalue weighted by Crippen LogP contribution is 2.37. The van der Waals surface area contributed by atoms with Crippen molar-refractivity contribution in [3.63, 3.8) is 0 Å². The van der Waals surface area contributed by atoms with Gasteiger partial charge in [-0.1, -0.05) is 98.9 Å². The summed E-state index contributed by atoms with van der Waals surface area (Å²) in [5.74, 6) is 5.02. The summed E-state index contributed by atoms with van der Waals surface area (Å²) in [6.07, 6.45) is 12.6. The topological polar surface area (TPSA) is 200 Å². The predicted octanol–water partition coefficient (Wildman–Crippen LogP) is 3.92. The summed E-state index contributed by atoms with van der Waals surface area (Å²) in [4.78, 5) is 86.9. The lowest BCUT2D eigenvalue weighted by Crippen LogP contribution is -2.58. The van der Waals surface area contributed by atoms with Crippen LogP contribution < -0.4 is 31.9 Å². The van der Waals surface area contributed by atoms with E-state index in [1.165, 1.54) is 0 Å². The summed E-state index contributed by atoms with van der Waals surface area (Å²) in [5, 5.41) is 18.6. The van der Waals surface area contributed by atoms with Gasteiger partial charge in [0.1, 0.15) is 37.4 Å². The molecule has 10 atom stereocenters. The Morgan fingerprint density at radius 3 is 1.33 bits per heavy atom. The van der Waals surface area contributed by atoms with E-state index in [0.29, 0.717) is 51.6 Å². The molecule has 2 aromatic rings. The molecule has 0 bridgehead atoms. The molecule has 2 unspecified atom stereocenters. The Hall–Kier alpha value is -5.34. The average Bonchev–Trinajstić information content (AvgIpc) is 4.24. The third-order valence-electron chi connectivity index (χ3n) is 16.5. The number of ether oxygens (including phenoxy) is 2. The van der Waals surface area contributed by atoms with Crippen LogP contribution in [0.3, 0.4) is 0 Å². The quantitative estimate of drug-likeness (QED) is 0.119. The molecule has 8 rings (SSSR count). The summed E-state index contributed by atoms with van der Waals surface area (Å²) in [5.41, 5.74) is 4.11. The number of benzene rings is 2. The number of carbonyl (C=O) groups is 6. The molecule has 4 fully saturated rings. The highest BCUT2D eigenvalue weighted by atomic mass is 16.5. The number of amides is 6. The van der Waals surface area contributed by atoms with Crippen molar-refractivity contribution in [3.8, 4) is 11.8 Å². The molecule has 0 spiro atoms. The van der Waals surface area contributed by atoms with Crippen LogP contribution in [0.1, 0.15) is 138 Å². The number of nitrogens with one attached hydrogen (secondary N) is 6. The summed E-state index contributed by atoms with van der Waals surface area (Å²) in [6.45, 7) is 4.66. The molecule has 0 radical (unpaired) electrons. The average molecular weight is 991 g/mol. The third kappa shape index (κ3) is 12.4. The van der Waals surface area contributed by atoms with Crippen LogP contribution in [0.15, 0.2) is 48.5 Å². The Bertz CT molecular complexity index is 2150. The maximum atomic E-state index is 14.4. The summed E-state index contributed by atoms with van der Waals surface area (Å²) in [6, 6.07) is 11.5. The van der Waals surface area contributed by atoms with E-state index in [-0.39, 0.29) is 72.7 Å². The first-order valence-corrected chi connectivity index (χ1v) is 27.0. The fourth-order valence-corrected chi connectivity index (χ4v) is 12.1. The van der Waals surface area contributed by atoms with Crippen LogP contribution in [0.5, 0.6) is 0 Å². The normalized spacial score (nSPS) is 25.8. The van der Waals surface area contributed by atoms with Gasteiger partial charge in [-0.15, -0.1) is 0 Å². The number of hydrogen-bond acceptors (Lipinski definition) is 10. The minimum Gasteiger partial charge on any atom is -0.363 e. The van der Waals surface area contributed by atoms with E-state index in [0.717, 1.165) is 86.5 Å². The van der Waals surface area contributed by atoms with Gasteiger partial charge in [0.05, 0.1) is 36.4 Å². The number of fused-ring (bicyclic) bond motifs is 2. The van der Waals surface area contributed by atoms with E-state index >= 15 is 0 Å². The summed E-state index contributed by atoms with van der Waals surface area (Å²) < 4.78 is 12.8. The Morgan fingerprint density at radius 2 is 0.944 bits per heavy atom. The first kappa shape index (κ1) is 53.0. The van der Waals surface area contributed by atoms with Crippen LogP contribution in [-0.4, -0.2) is 134 Å². The van der Waals surface area contributed by atoms with Crippen molar-refractivity contribution in [1.82, 2.24) is 41.7 Å². The fourth-order valence-electron chi connectivity index (χ4n) is 12.1. The second-order valence-corrected chi connectivity index (χ2v) is 21.0. The second-order valence-electron chi connectivity index (χ2n) is 21.0. The van der Waals surface area contributed by atoms with Crippen LogP contribution in [0.25, 0.3) is 0 Å². The maximum absolute atomic E-state index is 14.4. The third-order valence-corrected chi connectivity index (χ3v) is 16.5. The van der Waals surface area contributed by atoms with Crippen LogP contribution in [0.4, 0.5) is 0 Å². The molecular weight excluding hydrogens is 913 g/mol. The zero-order valence-corrected chi connectivity index (χ0v) is 42.8. The molecule has 2 saturated heterocycles. The van der Waals surface area contributed by atoms with Crippen molar-refractivity contribution in [2.45, 2.75) is 177 Å². The number of rotatable bonds is 18. The molecule has 4 aliphatic carbocycles. The van der Waals surface area contributed by atoms with Crippen molar-refractivity contribution in [2.75, 3.05) is 40.4 Å². The van der Waals surface area contributed by atoms with Crippen LogP contribution in [-0.2, 0) is 51.1 Å². The summed E-state index contributed by atoms with van der Waals surface area (Å²) >= 11 is 0. The smallest absolute Gasteiger partial charge is 0.246 e. The van der Waals surface area contributed by atoms with Crippen LogP contribution in [0, 0.1) is 23.7 Å². The number of nitrogens with zero attached hydrogens (tertiary/aromatic N) is 2. The molecule has 2 heterocycles. The van der Waals surface area contributed by atoms with E-state index in [2.05, 4.69) is 43.7 Å². The molecule has 6 N–H and O–H groups in total. The molecule has 2 aromatic carbocycles. The highest BCUT2D eigenvalue weighted by molar-refractivity contribution is 5.95. The van der Waals surface area contributed by atoms with Gasteiger partial charge in [-0.05, 0) is 113 Å². The Kier molecular flexibility index (Phi) is 18.4. The lowest BCUT2D eigenvalue weighted by Gasteiger charge is -2.35. The van der Waals surface area contributed by atoms with E-state index in [4.69, 9.17) is 9.47 Å². The minimum absolute atomic E-state index is 0.0255. The number of hydrogen-bond donors (Lipinski definition) is 6. The van der Waals surface area contributed by atoms with E-state index in [9.17, 15) is 28.8 Å². The molecule has 390 valence electrons. The van der Waals surface area contributed by atoms with Gasteiger partial charge in [0, 0.05) is 25.9 Å². The largest absolute Gasteiger partial charge is 0.363 e. The van der Waals surface area contributed by atoms with Gasteiger partial charge in [-0.2, -0.15) is 0 Å². The van der Waals surface area contributed by atoms with Crippen molar-refractivity contribution in [3.05, 3.63) is 70.8 Å². The molecule has 6 amide bonds. The van der Waals surface area contributed by atoms with Crippen LogP contribution >= 0.6 is 0 Å². The predicted molar refractivity (Wildman–Crippen MR) is 273 cm³/mol. The first-order valence-electron chi connectivity index (χ1n) is 27.0. The molecule has 2 aliphatic heterocycles. The van der Waals surface area contributed by atoms with Crippen molar-refractivity contribution < 1.29 is 38.2 Å². The first-order chi connectivity index (χ1) is 35.0. The van der Waals surface area contributed by atoms with Crippen LogP contribution in [0.2, 0.25) is 0 Å². The minimum atomic E-state index is -0.680. The van der Waals surface area contributed by atoms with Gasteiger partial charge >= 0.3 is 0 Å². The number of carbonyl (C=O) groups excluding carboxylic acids is 6. The van der Waals surface area contributed by atoms with Crippen molar-refractivity contribution in [2.24, 2.45) is 11.8 Å². The lowest BCUT2D eigenvalue weighted by molar-refractivity contribution is -0.143. The standard InChI is InChI=1S/C56H78N8O8/c1-35(57-3)51(65)59-47(37-19-7-5-8-20-37)55(69)63-29-17-27-43(63)53(67)61-49-41-25-13-11-23-39(41)33-45(49)71-31-15-16-32-72-46-34-40-24-12-14-26-42(40)50(46)62-54(68)44-28-18-30-64(44)56(70)48(38-21-9-6-10-22-38)60-52(66)36(2)58-4/h11-14,23-26,35-38,43-50,57-58H,5-10,17-22,27-34H2,1-4H3,(H,59,65)(H,60,66)(H,61,67)(H,62,68)/t35-,36-,43-,44-,45-,46+,47?,48?,49-,50-/m0/s1. The molecule has 16 heteroatoms. The molecular formula is C56H78N8O8. The van der Waals surface area contributed by atoms with Gasteiger partial charge in [0.15, 0.2) is 0 Å². The van der Waals surface area contributed by atoms with Crippen molar-refractivity contribution >= 4 is 35.4 Å². The zero-order valence-electron chi connectivity index (χ0n) is 42.8. The van der Waals surface area contributed by atoms with Crippen molar-refractivity contribution in [1.29, 1.82) is 0 Å². The second kappa shape index (κ2) is 25.1. The maximum Gasteiger partial charge on any atom is 0.246 e. The molecule has 6 aliphatic rings.